The van der Waals surface area contributed by atoms with Gasteiger partial charge in [-0.15, -0.1) is 0 Å². The lowest BCUT2D eigenvalue weighted by molar-refractivity contribution is 0.313. The lowest BCUT2D eigenvalue weighted by Crippen LogP contribution is -2.26. The van der Waals surface area contributed by atoms with Gasteiger partial charge in [0.05, 0.1) is 17.5 Å². The van der Waals surface area contributed by atoms with Gasteiger partial charge in [0.25, 0.3) is 0 Å². The summed E-state index contributed by atoms with van der Waals surface area (Å²) in [5, 5.41) is 6.65. The second-order valence-corrected chi connectivity index (χ2v) is 11.5. The summed E-state index contributed by atoms with van der Waals surface area (Å²) >= 11 is 0. The Morgan fingerprint density at radius 1 is 1.08 bits per heavy atom. The molecule has 3 heterocycles. The average Bonchev–Trinajstić information content (AvgIpc) is 2.88. The lowest BCUT2D eigenvalue weighted by Gasteiger charge is -2.26. The molecule has 11 heteroatoms. The van der Waals surface area contributed by atoms with Crippen LogP contribution in [0.2, 0.25) is 0 Å². The zero-order chi connectivity index (χ0) is 27.0. The van der Waals surface area contributed by atoms with Gasteiger partial charge in [-0.1, -0.05) is 18.7 Å². The maximum Gasteiger partial charge on any atom is 0.232 e. The number of fused-ring (bicyclic) bond motifs is 2. The van der Waals surface area contributed by atoms with Crippen LogP contribution in [0, 0.1) is 6.92 Å². The van der Waals surface area contributed by atoms with Crippen molar-refractivity contribution >= 4 is 56.0 Å². The van der Waals surface area contributed by atoms with Gasteiger partial charge in [0.1, 0.15) is 17.0 Å². The van der Waals surface area contributed by atoms with Gasteiger partial charge < -0.3 is 15.5 Å². The Hall–Kier alpha value is -4.09. The third-order valence-corrected chi connectivity index (χ3v) is 7.89. The van der Waals surface area contributed by atoms with Crippen LogP contribution >= 0.6 is 0 Å². The molecule has 4 aromatic rings. The van der Waals surface area contributed by atoms with Crippen molar-refractivity contribution in [2.45, 2.75) is 19.9 Å². The summed E-state index contributed by atoms with van der Waals surface area (Å²) in [6.45, 7) is 7.91. The van der Waals surface area contributed by atoms with Crippen LogP contribution in [0.4, 0.5) is 28.8 Å². The van der Waals surface area contributed by atoms with E-state index in [9.17, 15) is 8.42 Å². The Bertz CT molecular complexity index is 1650. The largest absolute Gasteiger partial charge is 0.338 e. The first kappa shape index (κ1) is 25.6. The first-order valence-corrected chi connectivity index (χ1v) is 14.0. The van der Waals surface area contributed by atoms with Gasteiger partial charge >= 0.3 is 0 Å². The van der Waals surface area contributed by atoms with Crippen LogP contribution in [-0.2, 0) is 23.0 Å². The monoisotopic (exact) mass is 530 g/mol. The number of hydrogen-bond acceptors (Lipinski definition) is 9. The molecule has 10 nitrogen and oxygen atoms in total. The maximum absolute atomic E-state index is 12.5. The second kappa shape index (κ2) is 9.99. The van der Waals surface area contributed by atoms with E-state index in [1.54, 1.807) is 30.6 Å². The van der Waals surface area contributed by atoms with Crippen LogP contribution in [0.25, 0.3) is 17.1 Å². The van der Waals surface area contributed by atoms with Crippen LogP contribution < -0.4 is 14.9 Å². The van der Waals surface area contributed by atoms with Crippen molar-refractivity contribution in [2.24, 2.45) is 0 Å². The van der Waals surface area contributed by atoms with E-state index in [1.807, 2.05) is 0 Å². The summed E-state index contributed by atoms with van der Waals surface area (Å²) in [6, 6.07) is 7.94. The van der Waals surface area contributed by atoms with Crippen molar-refractivity contribution < 1.29 is 8.42 Å². The normalized spacial score (nSPS) is 13.7. The molecule has 1 aliphatic heterocycles. The number of aryl methyl sites for hydroxylation is 1. The Balaban J connectivity index is 1.54. The summed E-state index contributed by atoms with van der Waals surface area (Å²) in [5.74, 6) is 0.878. The van der Waals surface area contributed by atoms with Crippen molar-refractivity contribution in [2.75, 3.05) is 41.8 Å². The number of sulfonamides is 1. The summed E-state index contributed by atoms with van der Waals surface area (Å²) in [6.07, 6.45) is 8.60. The van der Waals surface area contributed by atoms with Gasteiger partial charge in [0.15, 0.2) is 0 Å². The molecule has 2 aromatic heterocycles. The van der Waals surface area contributed by atoms with E-state index in [-0.39, 0.29) is 0 Å². The minimum Gasteiger partial charge on any atom is -0.338 e. The van der Waals surface area contributed by atoms with Crippen molar-refractivity contribution in [3.8, 4) is 0 Å². The Morgan fingerprint density at radius 3 is 2.63 bits per heavy atom. The third-order valence-electron chi connectivity index (χ3n) is 6.71. The van der Waals surface area contributed by atoms with Crippen LogP contribution in [0.5, 0.6) is 0 Å². The second-order valence-electron chi connectivity index (χ2n) is 9.49. The smallest absolute Gasteiger partial charge is 0.232 e. The van der Waals surface area contributed by atoms with Crippen LogP contribution in [0.1, 0.15) is 22.3 Å². The van der Waals surface area contributed by atoms with Crippen molar-refractivity contribution in [3.63, 3.8) is 0 Å². The quantitative estimate of drug-likeness (QED) is 0.362. The van der Waals surface area contributed by atoms with E-state index in [2.05, 4.69) is 63.2 Å². The fourth-order valence-corrected chi connectivity index (χ4v) is 5.08. The molecule has 196 valence electrons. The molecule has 1 aliphatic rings. The van der Waals surface area contributed by atoms with Gasteiger partial charge in [-0.2, -0.15) is 4.98 Å². The summed E-state index contributed by atoms with van der Waals surface area (Å²) < 4.78 is 26.2. The SMILES string of the molecule is C=Cc1cnc(Nc2cc3c(cc2C)CCN(C)C3)nc1Nc1ccc2nccnc2c1N(C)S(C)(=O)=O. The number of benzene rings is 2. The zero-order valence-electron chi connectivity index (χ0n) is 21.9. The van der Waals surface area contributed by atoms with E-state index >= 15 is 0 Å². The highest BCUT2D eigenvalue weighted by atomic mass is 32.2. The molecular formula is C27H30N8O2S. The summed E-state index contributed by atoms with van der Waals surface area (Å²) in [7, 11) is 0.0253. The first-order chi connectivity index (χ1) is 18.1. The van der Waals surface area contributed by atoms with Crippen LogP contribution in [-0.4, -0.2) is 60.1 Å². The molecule has 0 saturated heterocycles. The highest BCUT2D eigenvalue weighted by molar-refractivity contribution is 7.92. The fourth-order valence-electron chi connectivity index (χ4n) is 4.56. The first-order valence-electron chi connectivity index (χ1n) is 12.2. The van der Waals surface area contributed by atoms with Crippen LogP contribution in [0.15, 0.2) is 49.4 Å². The molecule has 5 rings (SSSR count). The minimum atomic E-state index is -3.59. The zero-order valence-corrected chi connectivity index (χ0v) is 22.7. The molecule has 2 N–H and O–H groups in total. The van der Waals surface area contributed by atoms with Crippen molar-refractivity contribution in [3.05, 3.63) is 71.7 Å². The number of hydrogen-bond donors (Lipinski definition) is 2. The summed E-state index contributed by atoms with van der Waals surface area (Å²) in [5.41, 5.74) is 7.28. The molecule has 0 atom stereocenters. The highest BCUT2D eigenvalue weighted by Gasteiger charge is 2.22. The molecule has 2 aromatic carbocycles. The van der Waals surface area contributed by atoms with E-state index in [4.69, 9.17) is 4.98 Å². The maximum atomic E-state index is 12.5. The fraction of sp³-hybridized carbons (Fsp3) is 0.259. The summed E-state index contributed by atoms with van der Waals surface area (Å²) in [4.78, 5) is 20.3. The van der Waals surface area contributed by atoms with Gasteiger partial charge in [0, 0.05) is 50.0 Å². The molecule has 0 unspecified atom stereocenters. The molecular weight excluding hydrogens is 500 g/mol. The third kappa shape index (κ3) is 5.02. The van der Waals surface area contributed by atoms with E-state index in [0.717, 1.165) is 37.0 Å². The number of rotatable bonds is 7. The minimum absolute atomic E-state index is 0.371. The van der Waals surface area contributed by atoms with Gasteiger partial charge in [0.2, 0.25) is 16.0 Å². The van der Waals surface area contributed by atoms with Crippen molar-refractivity contribution in [1.82, 2.24) is 24.8 Å². The molecule has 38 heavy (non-hydrogen) atoms. The molecule has 0 aliphatic carbocycles. The number of aromatic nitrogens is 4. The van der Waals surface area contributed by atoms with Crippen LogP contribution in [0.3, 0.4) is 0 Å². The molecule has 0 saturated carbocycles. The molecule has 0 amide bonds. The predicted molar refractivity (Wildman–Crippen MR) is 153 cm³/mol. The molecule has 0 bridgehead atoms. The van der Waals surface area contributed by atoms with Gasteiger partial charge in [-0.25, -0.2) is 13.4 Å². The highest BCUT2D eigenvalue weighted by Crippen LogP contribution is 2.36. The van der Waals surface area contributed by atoms with E-state index in [1.165, 1.54) is 28.7 Å². The van der Waals surface area contributed by atoms with Crippen molar-refractivity contribution in [1.29, 1.82) is 0 Å². The number of anilines is 5. The molecule has 0 radical (unpaired) electrons. The Morgan fingerprint density at radius 2 is 1.87 bits per heavy atom. The molecule has 0 fully saturated rings. The molecule has 0 spiro atoms. The van der Waals surface area contributed by atoms with Gasteiger partial charge in [-0.3, -0.25) is 14.3 Å². The van der Waals surface area contributed by atoms with E-state index < -0.39 is 10.0 Å². The average molecular weight is 531 g/mol. The number of nitrogens with one attached hydrogen (secondary N) is 2. The predicted octanol–water partition coefficient (Wildman–Crippen LogP) is 4.24. The number of nitrogens with zero attached hydrogens (tertiary/aromatic N) is 6. The Kier molecular flexibility index (Phi) is 6.72. The Labute approximate surface area is 222 Å². The van der Waals surface area contributed by atoms with E-state index in [0.29, 0.717) is 39.7 Å². The lowest BCUT2D eigenvalue weighted by atomic mass is 9.96. The number of likely N-dealkylation sites (N-methyl/N-ethyl adjacent to an activating group) is 1. The topological polar surface area (TPSA) is 116 Å². The standard InChI is InChI=1S/C27H30N8O2S/c1-6-18-15-30-27(32-23-14-20-16-34(3)12-9-19(20)13-17(23)2)33-26(18)31-22-8-7-21-24(29-11-10-28-21)25(22)35(4)38(5,36)37/h6-8,10-11,13-15H,1,9,12,16H2,2-5H3,(H2,30,31,32,33). The van der Waals surface area contributed by atoms with Gasteiger partial charge in [-0.05, 0) is 55.3 Å².